The average molecular weight is 519 g/mol. The maximum absolute atomic E-state index is 13.1. The van der Waals surface area contributed by atoms with Gasteiger partial charge in [0.15, 0.2) is 0 Å². The monoisotopic (exact) mass is 518 g/mol. The van der Waals surface area contributed by atoms with Crippen LogP contribution in [0.25, 0.3) is 11.1 Å². The number of alkyl halides is 3. The topological polar surface area (TPSA) is 105 Å². The molecule has 35 heavy (non-hydrogen) atoms. The highest BCUT2D eigenvalue weighted by atomic mass is 32.2. The molecule has 0 radical (unpaired) electrons. The van der Waals surface area contributed by atoms with Crippen molar-refractivity contribution in [2.75, 3.05) is 51.5 Å². The van der Waals surface area contributed by atoms with Gasteiger partial charge < -0.3 is 19.5 Å². The zero-order valence-electron chi connectivity index (χ0n) is 19.7. The summed E-state index contributed by atoms with van der Waals surface area (Å²) in [6, 6.07) is 6.34. The number of hydrogen-bond donors (Lipinski definition) is 2. The van der Waals surface area contributed by atoms with Crippen LogP contribution in [0.5, 0.6) is 0 Å². The van der Waals surface area contributed by atoms with Crippen molar-refractivity contribution in [1.82, 2.24) is 4.72 Å². The first-order valence-electron chi connectivity index (χ1n) is 10.9. The molecule has 0 heterocycles. The molecule has 0 fully saturated rings. The van der Waals surface area contributed by atoms with Crippen molar-refractivity contribution < 1.29 is 41.0 Å². The fourth-order valence-corrected chi connectivity index (χ4v) is 4.40. The van der Waals surface area contributed by atoms with Crippen molar-refractivity contribution in [3.05, 3.63) is 47.5 Å². The van der Waals surface area contributed by atoms with Gasteiger partial charge in [0.1, 0.15) is 0 Å². The largest absolute Gasteiger partial charge is 0.478 e. The van der Waals surface area contributed by atoms with Crippen LogP contribution in [0.15, 0.2) is 41.3 Å². The number of anilines is 1. The fourth-order valence-electron chi connectivity index (χ4n) is 3.40. The molecule has 2 N–H and O–H groups in total. The first-order chi connectivity index (χ1) is 16.5. The molecule has 2 rings (SSSR count). The molecule has 0 saturated carbocycles. The molecule has 0 aliphatic heterocycles. The Morgan fingerprint density at radius 1 is 1.03 bits per heavy atom. The van der Waals surface area contributed by atoms with E-state index in [2.05, 4.69) is 4.72 Å². The minimum absolute atomic E-state index is 0.0751. The van der Waals surface area contributed by atoms with E-state index >= 15 is 0 Å². The number of ether oxygens (including phenoxy) is 2. The zero-order chi connectivity index (χ0) is 26.2. The van der Waals surface area contributed by atoms with E-state index in [1.54, 1.807) is 18.7 Å². The molecule has 0 aliphatic carbocycles. The Morgan fingerprint density at radius 3 is 2.00 bits per heavy atom. The van der Waals surface area contributed by atoms with Gasteiger partial charge in [-0.05, 0) is 50.7 Å². The molecule has 12 heteroatoms. The molecule has 0 saturated heterocycles. The molecule has 0 spiro atoms. The number of nitrogens with one attached hydrogen (secondary N) is 1. The van der Waals surface area contributed by atoms with Crippen LogP contribution in [-0.4, -0.2) is 66.1 Å². The summed E-state index contributed by atoms with van der Waals surface area (Å²) in [4.78, 5) is 13.2. The molecular formula is C23H29F3N2O6S. The first kappa shape index (κ1) is 28.6. The number of benzene rings is 2. The summed E-state index contributed by atoms with van der Waals surface area (Å²) in [6.07, 6.45) is -4.57. The predicted molar refractivity (Wildman–Crippen MR) is 125 cm³/mol. The molecule has 2 aromatic carbocycles. The number of sulfonamides is 1. The van der Waals surface area contributed by atoms with Crippen molar-refractivity contribution in [1.29, 1.82) is 0 Å². The van der Waals surface area contributed by atoms with E-state index < -0.39 is 27.7 Å². The number of halogens is 3. The maximum atomic E-state index is 13.1. The number of hydrogen-bond acceptors (Lipinski definition) is 6. The summed E-state index contributed by atoms with van der Waals surface area (Å²) in [5.41, 5.74) is -0.713. The van der Waals surface area contributed by atoms with Crippen LogP contribution in [0.4, 0.5) is 18.9 Å². The number of nitrogens with zero attached hydrogens (tertiary/aromatic N) is 1. The Kier molecular flexibility index (Phi) is 10.1. The van der Waals surface area contributed by atoms with Gasteiger partial charge in [-0.15, -0.1) is 0 Å². The van der Waals surface area contributed by atoms with E-state index in [1.165, 1.54) is 25.2 Å². The normalized spacial score (nSPS) is 12.1. The van der Waals surface area contributed by atoms with Crippen LogP contribution < -0.4 is 9.62 Å². The van der Waals surface area contributed by atoms with Crippen molar-refractivity contribution in [3.63, 3.8) is 0 Å². The summed E-state index contributed by atoms with van der Waals surface area (Å²) in [6.45, 7) is 5.50. The van der Waals surface area contributed by atoms with Gasteiger partial charge in [0.25, 0.3) is 0 Å². The standard InChI is InChI=1S/C23H29F3N2O6S/c1-4-33-12-10-28(11-13-34-5-2)19-14-17(22(29)30)15-20(35(31,32)27-3)21(19)16-6-8-18(9-7-16)23(24,25)26/h6-9,14-15,27H,4-5,10-13H2,1-3H3,(H,29,30). The molecule has 0 unspecified atom stereocenters. The Labute approximate surface area is 202 Å². The van der Waals surface area contributed by atoms with Gasteiger partial charge in [-0.25, -0.2) is 17.9 Å². The quantitative estimate of drug-likeness (QED) is 0.388. The number of carboxylic acid groups (broad SMARTS) is 1. The van der Waals surface area contributed by atoms with Gasteiger partial charge in [-0.2, -0.15) is 13.2 Å². The van der Waals surface area contributed by atoms with E-state index in [4.69, 9.17) is 9.47 Å². The average Bonchev–Trinajstić information content (AvgIpc) is 2.82. The van der Waals surface area contributed by atoms with E-state index in [1.807, 2.05) is 0 Å². The van der Waals surface area contributed by atoms with Gasteiger partial charge >= 0.3 is 12.1 Å². The second kappa shape index (κ2) is 12.3. The molecule has 0 aromatic heterocycles. The number of rotatable bonds is 13. The lowest BCUT2D eigenvalue weighted by Gasteiger charge is -2.29. The SMILES string of the molecule is CCOCCN(CCOCC)c1cc(C(=O)O)cc(S(=O)(=O)NC)c1-c1ccc(C(F)(F)F)cc1. The highest BCUT2D eigenvalue weighted by molar-refractivity contribution is 7.89. The summed E-state index contributed by atoms with van der Waals surface area (Å²) < 4.78 is 78.3. The second-order valence-electron chi connectivity index (χ2n) is 7.34. The molecule has 0 amide bonds. The van der Waals surface area contributed by atoms with Crippen LogP contribution in [0.1, 0.15) is 29.8 Å². The smallest absolute Gasteiger partial charge is 0.416 e. The van der Waals surface area contributed by atoms with Crippen LogP contribution in [-0.2, 0) is 25.7 Å². The predicted octanol–water partition coefficient (Wildman–Crippen LogP) is 3.86. The number of aromatic carboxylic acids is 1. The lowest BCUT2D eigenvalue weighted by atomic mass is 9.99. The van der Waals surface area contributed by atoms with Gasteiger partial charge in [0.2, 0.25) is 10.0 Å². The van der Waals surface area contributed by atoms with Crippen molar-refractivity contribution in [3.8, 4) is 11.1 Å². The molecule has 0 aliphatic rings. The molecule has 0 atom stereocenters. The maximum Gasteiger partial charge on any atom is 0.416 e. The van der Waals surface area contributed by atoms with Crippen molar-refractivity contribution in [2.24, 2.45) is 0 Å². The molecule has 194 valence electrons. The summed E-state index contributed by atoms with van der Waals surface area (Å²) >= 11 is 0. The third kappa shape index (κ3) is 7.40. The molecular weight excluding hydrogens is 489 g/mol. The van der Waals surface area contributed by atoms with Crippen LogP contribution in [0, 0.1) is 0 Å². The molecule has 0 bridgehead atoms. The van der Waals surface area contributed by atoms with Crippen LogP contribution in [0.2, 0.25) is 0 Å². The van der Waals surface area contributed by atoms with E-state index in [0.29, 0.717) is 13.2 Å². The van der Waals surface area contributed by atoms with E-state index in [-0.39, 0.29) is 53.6 Å². The van der Waals surface area contributed by atoms with Gasteiger partial charge in [-0.3, -0.25) is 0 Å². The summed E-state index contributed by atoms with van der Waals surface area (Å²) in [7, 11) is -3.04. The van der Waals surface area contributed by atoms with Crippen molar-refractivity contribution in [2.45, 2.75) is 24.9 Å². The van der Waals surface area contributed by atoms with Crippen LogP contribution >= 0.6 is 0 Å². The second-order valence-corrected chi connectivity index (χ2v) is 9.19. The third-order valence-electron chi connectivity index (χ3n) is 5.15. The van der Waals surface area contributed by atoms with Gasteiger partial charge in [0, 0.05) is 37.6 Å². The highest BCUT2D eigenvalue weighted by Gasteiger charge is 2.31. The number of carboxylic acids is 1. The van der Waals surface area contributed by atoms with E-state index in [9.17, 15) is 31.5 Å². The van der Waals surface area contributed by atoms with E-state index in [0.717, 1.165) is 18.2 Å². The highest BCUT2D eigenvalue weighted by Crippen LogP contribution is 2.39. The minimum Gasteiger partial charge on any atom is -0.478 e. The summed E-state index contributed by atoms with van der Waals surface area (Å²) in [5.74, 6) is -1.35. The Balaban J connectivity index is 2.83. The van der Waals surface area contributed by atoms with Crippen molar-refractivity contribution >= 4 is 21.7 Å². The molecule has 8 nitrogen and oxygen atoms in total. The Hall–Kier alpha value is -2.67. The Morgan fingerprint density at radius 2 is 1.57 bits per heavy atom. The molecule has 2 aromatic rings. The lowest BCUT2D eigenvalue weighted by molar-refractivity contribution is -0.137. The zero-order valence-corrected chi connectivity index (χ0v) is 20.5. The van der Waals surface area contributed by atoms with Gasteiger partial charge in [0.05, 0.1) is 29.2 Å². The Bertz CT molecular complexity index is 1100. The minimum atomic E-state index is -4.57. The fraction of sp³-hybridized carbons (Fsp3) is 0.435. The summed E-state index contributed by atoms with van der Waals surface area (Å²) in [5, 5.41) is 9.66. The third-order valence-corrected chi connectivity index (χ3v) is 6.59. The first-order valence-corrected chi connectivity index (χ1v) is 12.4. The lowest BCUT2D eigenvalue weighted by Crippen LogP contribution is -2.32. The van der Waals surface area contributed by atoms with Crippen LogP contribution in [0.3, 0.4) is 0 Å². The number of carbonyl (C=O) groups is 1. The van der Waals surface area contributed by atoms with Gasteiger partial charge in [-0.1, -0.05) is 12.1 Å².